The lowest BCUT2D eigenvalue weighted by molar-refractivity contribution is 0.236. The Labute approximate surface area is 159 Å². The average Bonchev–Trinajstić information content (AvgIpc) is 3.13. The van der Waals surface area contributed by atoms with Crippen LogP contribution in [0.5, 0.6) is 5.75 Å². The minimum atomic E-state index is -0.145. The first kappa shape index (κ1) is 18.8. The number of aromatic nitrogens is 2. The molecule has 3 aromatic rings. The predicted molar refractivity (Wildman–Crippen MR) is 107 cm³/mol. The molecule has 2 aromatic carbocycles. The van der Waals surface area contributed by atoms with E-state index in [1.807, 2.05) is 48.8 Å². The molecule has 0 spiro atoms. The first-order valence-electron chi connectivity index (χ1n) is 9.29. The second-order valence-corrected chi connectivity index (χ2v) is 6.41. The number of benzene rings is 2. The summed E-state index contributed by atoms with van der Waals surface area (Å²) in [7, 11) is 1.64. The number of methoxy groups -OCH3 is 1. The lowest BCUT2D eigenvalue weighted by atomic mass is 10.0. The van der Waals surface area contributed by atoms with Crippen molar-refractivity contribution in [3.05, 3.63) is 60.4 Å². The summed E-state index contributed by atoms with van der Waals surface area (Å²) in [4.78, 5) is 16.6. The number of aryl methyl sites for hydroxylation is 1. The molecule has 0 fully saturated rings. The van der Waals surface area contributed by atoms with E-state index in [0.717, 1.165) is 41.7 Å². The van der Waals surface area contributed by atoms with E-state index in [4.69, 9.17) is 4.74 Å². The summed E-state index contributed by atoms with van der Waals surface area (Å²) in [5.41, 5.74) is 3.18. The van der Waals surface area contributed by atoms with E-state index >= 15 is 0 Å². The van der Waals surface area contributed by atoms with Gasteiger partial charge >= 0.3 is 6.03 Å². The number of nitrogens with zero attached hydrogens (tertiary/aromatic N) is 2. The standard InChI is InChI=1S/C21H26N4O2/c1-3-18(16-9-11-17(27-2)12-10-16)24-21(26)22-13-6-14-25-15-23-19-7-4-5-8-20(19)25/h4-5,7-12,15,18H,3,6,13-14H2,1-2H3,(H2,22,24,26). The summed E-state index contributed by atoms with van der Waals surface area (Å²) in [6, 6.07) is 15.7. The number of para-hydroxylation sites is 2. The Balaban J connectivity index is 1.45. The second-order valence-electron chi connectivity index (χ2n) is 6.41. The van der Waals surface area contributed by atoms with E-state index < -0.39 is 0 Å². The molecule has 3 rings (SSSR count). The molecule has 0 aliphatic carbocycles. The van der Waals surface area contributed by atoms with E-state index in [1.165, 1.54) is 0 Å². The van der Waals surface area contributed by atoms with E-state index in [0.29, 0.717) is 6.54 Å². The number of carbonyl (C=O) groups is 1. The van der Waals surface area contributed by atoms with Crippen LogP contribution in [0.1, 0.15) is 31.4 Å². The Bertz CT molecular complexity index is 873. The van der Waals surface area contributed by atoms with Crippen molar-refractivity contribution in [3.8, 4) is 5.75 Å². The number of ether oxygens (including phenoxy) is 1. The van der Waals surface area contributed by atoms with Crippen LogP contribution in [0, 0.1) is 0 Å². The molecule has 1 atom stereocenters. The van der Waals surface area contributed by atoms with Crippen molar-refractivity contribution in [2.75, 3.05) is 13.7 Å². The Kier molecular flexibility index (Phi) is 6.30. The SMILES string of the molecule is CCC(NC(=O)NCCCn1cnc2ccccc21)c1ccc(OC)cc1. The highest BCUT2D eigenvalue weighted by molar-refractivity contribution is 5.75. The van der Waals surface area contributed by atoms with Crippen molar-refractivity contribution in [1.82, 2.24) is 20.2 Å². The van der Waals surface area contributed by atoms with Crippen LogP contribution in [0.2, 0.25) is 0 Å². The zero-order valence-electron chi connectivity index (χ0n) is 15.8. The first-order chi connectivity index (χ1) is 13.2. The summed E-state index contributed by atoms with van der Waals surface area (Å²) in [5.74, 6) is 0.810. The molecule has 6 nitrogen and oxygen atoms in total. The number of hydrogen-bond acceptors (Lipinski definition) is 3. The number of urea groups is 1. The second kappa shape index (κ2) is 9.07. The smallest absolute Gasteiger partial charge is 0.315 e. The number of rotatable bonds is 8. The predicted octanol–water partition coefficient (Wildman–Crippen LogP) is 3.89. The fourth-order valence-corrected chi connectivity index (χ4v) is 3.11. The Hall–Kier alpha value is -3.02. The van der Waals surface area contributed by atoms with E-state index in [-0.39, 0.29) is 12.1 Å². The van der Waals surface area contributed by atoms with Crippen molar-refractivity contribution < 1.29 is 9.53 Å². The molecule has 27 heavy (non-hydrogen) atoms. The van der Waals surface area contributed by atoms with Crippen LogP contribution in [0.25, 0.3) is 11.0 Å². The molecule has 6 heteroatoms. The summed E-state index contributed by atoms with van der Waals surface area (Å²) in [6.07, 6.45) is 3.51. The van der Waals surface area contributed by atoms with Gasteiger partial charge in [-0.1, -0.05) is 31.2 Å². The van der Waals surface area contributed by atoms with E-state index in [9.17, 15) is 4.79 Å². The van der Waals surface area contributed by atoms with E-state index in [2.05, 4.69) is 33.2 Å². The minimum Gasteiger partial charge on any atom is -0.497 e. The van der Waals surface area contributed by atoms with Crippen molar-refractivity contribution >= 4 is 17.1 Å². The molecule has 0 saturated heterocycles. The largest absolute Gasteiger partial charge is 0.497 e. The monoisotopic (exact) mass is 366 g/mol. The third kappa shape index (κ3) is 4.78. The number of fused-ring (bicyclic) bond motifs is 1. The van der Waals surface area contributed by atoms with Gasteiger partial charge in [0.25, 0.3) is 0 Å². The fourth-order valence-electron chi connectivity index (χ4n) is 3.11. The number of hydrogen-bond donors (Lipinski definition) is 2. The summed E-state index contributed by atoms with van der Waals surface area (Å²) >= 11 is 0. The Morgan fingerprint density at radius 1 is 1.19 bits per heavy atom. The molecule has 2 N–H and O–H groups in total. The van der Waals surface area contributed by atoms with Crippen LogP contribution in [0.4, 0.5) is 4.79 Å². The van der Waals surface area contributed by atoms with Crippen LogP contribution in [-0.2, 0) is 6.54 Å². The quantitative estimate of drug-likeness (QED) is 0.595. The third-order valence-electron chi connectivity index (χ3n) is 4.62. The van der Waals surface area contributed by atoms with Gasteiger partial charge in [0.1, 0.15) is 5.75 Å². The molecule has 0 aliphatic rings. The van der Waals surface area contributed by atoms with Crippen LogP contribution in [0.3, 0.4) is 0 Å². The third-order valence-corrected chi connectivity index (χ3v) is 4.62. The maximum atomic E-state index is 12.2. The highest BCUT2D eigenvalue weighted by Gasteiger charge is 2.12. The molecule has 2 amide bonds. The van der Waals surface area contributed by atoms with Crippen molar-refractivity contribution in [2.45, 2.75) is 32.4 Å². The zero-order valence-corrected chi connectivity index (χ0v) is 15.8. The van der Waals surface area contributed by atoms with Crippen LogP contribution >= 0.6 is 0 Å². The molecule has 0 radical (unpaired) electrons. The number of amides is 2. The maximum absolute atomic E-state index is 12.2. The van der Waals surface area contributed by atoms with Gasteiger partial charge in [-0.05, 0) is 42.7 Å². The highest BCUT2D eigenvalue weighted by atomic mass is 16.5. The number of nitrogens with one attached hydrogen (secondary N) is 2. The zero-order chi connectivity index (χ0) is 19.1. The van der Waals surface area contributed by atoms with Gasteiger partial charge in [-0.25, -0.2) is 9.78 Å². The molecule has 142 valence electrons. The average molecular weight is 366 g/mol. The summed E-state index contributed by atoms with van der Waals surface area (Å²) < 4.78 is 7.29. The van der Waals surface area contributed by atoms with Crippen molar-refractivity contribution in [3.63, 3.8) is 0 Å². The van der Waals surface area contributed by atoms with Gasteiger partial charge in [0.2, 0.25) is 0 Å². The molecular formula is C21H26N4O2. The lowest BCUT2D eigenvalue weighted by Crippen LogP contribution is -2.38. The first-order valence-corrected chi connectivity index (χ1v) is 9.29. The van der Waals surface area contributed by atoms with Crippen LogP contribution in [-0.4, -0.2) is 29.2 Å². The van der Waals surface area contributed by atoms with Gasteiger partial charge in [0, 0.05) is 13.1 Å². The van der Waals surface area contributed by atoms with Crippen molar-refractivity contribution in [1.29, 1.82) is 0 Å². The molecule has 1 unspecified atom stereocenters. The molecule has 0 aliphatic heterocycles. The molecule has 0 saturated carbocycles. The van der Waals surface area contributed by atoms with E-state index in [1.54, 1.807) is 7.11 Å². The topological polar surface area (TPSA) is 68.2 Å². The Morgan fingerprint density at radius 2 is 1.96 bits per heavy atom. The molecule has 0 bridgehead atoms. The lowest BCUT2D eigenvalue weighted by Gasteiger charge is -2.18. The molecule has 1 heterocycles. The van der Waals surface area contributed by atoms with Gasteiger partial charge in [0.15, 0.2) is 0 Å². The van der Waals surface area contributed by atoms with Gasteiger partial charge in [0.05, 0.1) is 30.5 Å². The van der Waals surface area contributed by atoms with Gasteiger partial charge in [-0.2, -0.15) is 0 Å². The highest BCUT2D eigenvalue weighted by Crippen LogP contribution is 2.20. The number of imidazole rings is 1. The minimum absolute atomic E-state index is 0.0199. The van der Waals surface area contributed by atoms with Gasteiger partial charge < -0.3 is 19.9 Å². The Morgan fingerprint density at radius 3 is 2.70 bits per heavy atom. The van der Waals surface area contributed by atoms with Crippen molar-refractivity contribution in [2.24, 2.45) is 0 Å². The fraction of sp³-hybridized carbons (Fsp3) is 0.333. The van der Waals surface area contributed by atoms with Gasteiger partial charge in [-0.15, -0.1) is 0 Å². The summed E-state index contributed by atoms with van der Waals surface area (Å²) in [5, 5.41) is 5.98. The van der Waals surface area contributed by atoms with Crippen LogP contribution in [0.15, 0.2) is 54.9 Å². The normalized spacial score (nSPS) is 11.9. The maximum Gasteiger partial charge on any atom is 0.315 e. The molecular weight excluding hydrogens is 340 g/mol. The van der Waals surface area contributed by atoms with Gasteiger partial charge in [-0.3, -0.25) is 0 Å². The van der Waals surface area contributed by atoms with Crippen LogP contribution < -0.4 is 15.4 Å². The molecule has 1 aromatic heterocycles. The number of carbonyl (C=O) groups excluding carboxylic acids is 1. The summed E-state index contributed by atoms with van der Waals surface area (Å²) in [6.45, 7) is 3.48.